The zero-order valence-corrected chi connectivity index (χ0v) is 11.6. The minimum Gasteiger partial charge on any atom is -0.368 e. The zero-order chi connectivity index (χ0) is 13.6. The maximum absolute atomic E-state index is 11.4. The number of hydrogen-bond acceptors (Lipinski definition) is 5. The molecule has 1 rings (SSSR count). The van der Waals surface area contributed by atoms with Gasteiger partial charge in [0.2, 0.25) is 10.0 Å². The first-order valence-corrected chi connectivity index (χ1v) is 7.47. The minimum atomic E-state index is -3.73. The van der Waals surface area contributed by atoms with Gasteiger partial charge in [0.25, 0.3) is 0 Å². The Hall–Kier alpha value is -1.18. The van der Waals surface area contributed by atoms with Crippen LogP contribution in [-0.2, 0) is 10.0 Å². The Bertz CT molecular complexity index is 472. The molecule has 0 spiro atoms. The van der Waals surface area contributed by atoms with E-state index in [4.69, 9.17) is 5.14 Å². The van der Waals surface area contributed by atoms with Crippen LogP contribution in [0.25, 0.3) is 0 Å². The van der Waals surface area contributed by atoms with Crippen LogP contribution in [0.1, 0.15) is 13.8 Å². The number of nitrogens with one attached hydrogen (secondary N) is 1. The smallest absolute Gasteiger partial charge is 0.241 e. The Morgan fingerprint density at radius 2 is 2.06 bits per heavy atom. The molecule has 0 aliphatic heterocycles. The van der Waals surface area contributed by atoms with Gasteiger partial charge in [0.05, 0.1) is 0 Å². The summed E-state index contributed by atoms with van der Waals surface area (Å²) in [6, 6.07) is 3.00. The number of pyridine rings is 1. The third-order valence-electron chi connectivity index (χ3n) is 2.69. The fourth-order valence-corrected chi connectivity index (χ4v) is 2.29. The number of primary sulfonamides is 1. The third kappa shape index (κ3) is 4.25. The maximum Gasteiger partial charge on any atom is 0.241 e. The summed E-state index contributed by atoms with van der Waals surface area (Å²) in [7, 11) is -3.73. The summed E-state index contributed by atoms with van der Waals surface area (Å²) in [6.07, 6.45) is 1.54. The van der Waals surface area contributed by atoms with Crippen molar-refractivity contribution < 1.29 is 8.42 Å². The van der Waals surface area contributed by atoms with Crippen molar-refractivity contribution in [2.24, 2.45) is 5.14 Å². The van der Waals surface area contributed by atoms with Gasteiger partial charge in [-0.3, -0.25) is 0 Å². The molecule has 0 atom stereocenters. The molecule has 1 aromatic rings. The van der Waals surface area contributed by atoms with E-state index in [2.05, 4.69) is 29.0 Å². The number of likely N-dealkylation sites (N-methyl/N-ethyl adjacent to an activating group) is 1. The predicted octanol–water partition coefficient (Wildman–Crippen LogP) is 0.483. The fourth-order valence-electron chi connectivity index (χ4n) is 1.63. The number of rotatable bonds is 7. The highest BCUT2D eigenvalue weighted by Crippen LogP contribution is 2.15. The van der Waals surface area contributed by atoms with E-state index in [1.807, 2.05) is 0 Å². The maximum atomic E-state index is 11.4. The zero-order valence-electron chi connectivity index (χ0n) is 10.8. The predicted molar refractivity (Wildman–Crippen MR) is 71.9 cm³/mol. The lowest BCUT2D eigenvalue weighted by molar-refractivity contribution is 0.316. The van der Waals surface area contributed by atoms with Crippen molar-refractivity contribution in [1.82, 2.24) is 9.88 Å². The molecule has 18 heavy (non-hydrogen) atoms. The molecule has 0 amide bonds. The van der Waals surface area contributed by atoms with Crippen LogP contribution in [-0.4, -0.2) is 44.5 Å². The average molecular weight is 272 g/mol. The summed E-state index contributed by atoms with van der Waals surface area (Å²) < 4.78 is 22.7. The Morgan fingerprint density at radius 3 is 2.61 bits per heavy atom. The van der Waals surface area contributed by atoms with Crippen LogP contribution in [0.2, 0.25) is 0 Å². The summed E-state index contributed by atoms with van der Waals surface area (Å²) in [6.45, 7) is 7.54. The molecule has 0 saturated carbocycles. The van der Waals surface area contributed by atoms with Crippen molar-refractivity contribution in [1.29, 1.82) is 0 Å². The van der Waals surface area contributed by atoms with Gasteiger partial charge < -0.3 is 10.2 Å². The number of nitrogens with zero attached hydrogens (tertiary/aromatic N) is 2. The first kappa shape index (κ1) is 14.9. The monoisotopic (exact) mass is 272 g/mol. The van der Waals surface area contributed by atoms with Crippen LogP contribution in [0, 0.1) is 0 Å². The molecule has 0 radical (unpaired) electrons. The SMILES string of the molecule is CCN(CC)CCNc1ncccc1S(N)(=O)=O. The summed E-state index contributed by atoms with van der Waals surface area (Å²) in [5, 5.41) is 8.13. The van der Waals surface area contributed by atoms with E-state index in [1.165, 1.54) is 12.3 Å². The van der Waals surface area contributed by atoms with Gasteiger partial charge in [0.1, 0.15) is 10.7 Å². The Kier molecular flexibility index (Phi) is 5.52. The van der Waals surface area contributed by atoms with Gasteiger partial charge >= 0.3 is 0 Å². The molecule has 7 heteroatoms. The van der Waals surface area contributed by atoms with E-state index in [-0.39, 0.29) is 4.90 Å². The third-order valence-corrected chi connectivity index (χ3v) is 3.63. The average Bonchev–Trinajstić information content (AvgIpc) is 2.34. The normalized spacial score (nSPS) is 11.8. The van der Waals surface area contributed by atoms with Crippen molar-refractivity contribution in [3.8, 4) is 0 Å². The van der Waals surface area contributed by atoms with Gasteiger partial charge in [-0.2, -0.15) is 0 Å². The first-order valence-electron chi connectivity index (χ1n) is 5.93. The summed E-state index contributed by atoms with van der Waals surface area (Å²) in [5.74, 6) is 0.312. The molecular formula is C11H20N4O2S. The second kappa shape index (κ2) is 6.67. The van der Waals surface area contributed by atoms with Gasteiger partial charge in [0.15, 0.2) is 0 Å². The molecule has 3 N–H and O–H groups in total. The Labute approximate surface area is 108 Å². The Balaban J connectivity index is 2.68. The van der Waals surface area contributed by atoms with Crippen LogP contribution in [0.4, 0.5) is 5.82 Å². The lowest BCUT2D eigenvalue weighted by Gasteiger charge is -2.18. The Morgan fingerprint density at radius 1 is 1.39 bits per heavy atom. The van der Waals surface area contributed by atoms with Gasteiger partial charge in [-0.1, -0.05) is 13.8 Å². The molecular weight excluding hydrogens is 252 g/mol. The van der Waals surface area contributed by atoms with Crippen LogP contribution in [0.5, 0.6) is 0 Å². The van der Waals surface area contributed by atoms with E-state index in [9.17, 15) is 8.42 Å². The molecule has 0 bridgehead atoms. The second-order valence-electron chi connectivity index (χ2n) is 3.85. The van der Waals surface area contributed by atoms with Gasteiger partial charge in [-0.05, 0) is 25.2 Å². The number of hydrogen-bond donors (Lipinski definition) is 2. The first-order chi connectivity index (χ1) is 8.49. The molecule has 6 nitrogen and oxygen atoms in total. The lowest BCUT2D eigenvalue weighted by Crippen LogP contribution is -2.29. The van der Waals surface area contributed by atoms with Crippen molar-refractivity contribution in [2.45, 2.75) is 18.7 Å². The number of aromatic nitrogens is 1. The van der Waals surface area contributed by atoms with Crippen LogP contribution >= 0.6 is 0 Å². The molecule has 0 aromatic carbocycles. The number of sulfonamides is 1. The molecule has 1 heterocycles. The van der Waals surface area contributed by atoms with Crippen LogP contribution in [0.3, 0.4) is 0 Å². The van der Waals surface area contributed by atoms with E-state index in [0.29, 0.717) is 12.4 Å². The van der Waals surface area contributed by atoms with Gasteiger partial charge in [-0.25, -0.2) is 18.5 Å². The van der Waals surface area contributed by atoms with Crippen LogP contribution in [0.15, 0.2) is 23.2 Å². The van der Waals surface area contributed by atoms with E-state index in [0.717, 1.165) is 19.6 Å². The summed E-state index contributed by atoms with van der Waals surface area (Å²) in [4.78, 5) is 6.27. The number of nitrogens with two attached hydrogens (primary N) is 1. The quantitative estimate of drug-likeness (QED) is 0.754. The molecule has 0 aliphatic rings. The molecule has 102 valence electrons. The van der Waals surface area contributed by atoms with Crippen molar-refractivity contribution in [3.05, 3.63) is 18.3 Å². The minimum absolute atomic E-state index is 0.0320. The molecule has 0 unspecified atom stereocenters. The second-order valence-corrected chi connectivity index (χ2v) is 5.38. The highest BCUT2D eigenvalue weighted by Gasteiger charge is 2.14. The van der Waals surface area contributed by atoms with Crippen molar-refractivity contribution in [2.75, 3.05) is 31.5 Å². The highest BCUT2D eigenvalue weighted by atomic mass is 32.2. The van der Waals surface area contributed by atoms with Crippen molar-refractivity contribution in [3.63, 3.8) is 0 Å². The fraction of sp³-hybridized carbons (Fsp3) is 0.545. The summed E-state index contributed by atoms with van der Waals surface area (Å²) >= 11 is 0. The topological polar surface area (TPSA) is 88.3 Å². The molecule has 0 aliphatic carbocycles. The molecule has 0 fully saturated rings. The van der Waals surface area contributed by atoms with Gasteiger partial charge in [-0.15, -0.1) is 0 Å². The highest BCUT2D eigenvalue weighted by molar-refractivity contribution is 7.89. The van der Waals surface area contributed by atoms with E-state index >= 15 is 0 Å². The standard InChI is InChI=1S/C11H20N4O2S/c1-3-15(4-2)9-8-14-11-10(18(12,16)17)6-5-7-13-11/h5-7H,3-4,8-9H2,1-2H3,(H,13,14)(H2,12,16,17). The molecule has 1 aromatic heterocycles. The summed E-state index contributed by atoms with van der Waals surface area (Å²) in [5.41, 5.74) is 0. The molecule has 0 saturated heterocycles. The van der Waals surface area contributed by atoms with Gasteiger partial charge in [0, 0.05) is 19.3 Å². The van der Waals surface area contributed by atoms with Crippen LogP contribution < -0.4 is 10.5 Å². The largest absolute Gasteiger partial charge is 0.368 e. The van der Waals surface area contributed by atoms with E-state index < -0.39 is 10.0 Å². The van der Waals surface area contributed by atoms with Crippen molar-refractivity contribution >= 4 is 15.8 Å². The lowest BCUT2D eigenvalue weighted by atomic mass is 10.4. The number of anilines is 1. The van der Waals surface area contributed by atoms with E-state index in [1.54, 1.807) is 6.07 Å².